The van der Waals surface area contributed by atoms with E-state index >= 15 is 0 Å². The molecule has 0 bridgehead atoms. The Kier molecular flexibility index (Phi) is 7.57. The number of carbonyl (C=O) groups excluding carboxylic acids is 1. The van der Waals surface area contributed by atoms with Gasteiger partial charge in [-0.1, -0.05) is 24.3 Å². The Balaban J connectivity index is 1.82. The number of hydrogen-bond donors (Lipinski definition) is 1. The highest BCUT2D eigenvalue weighted by Crippen LogP contribution is 2.24. The van der Waals surface area contributed by atoms with E-state index in [-0.39, 0.29) is 11.2 Å². The molecular formula is C19H19ClN2O2S. The Morgan fingerprint density at radius 3 is 2.60 bits per heavy atom. The summed E-state index contributed by atoms with van der Waals surface area (Å²) in [6, 6.07) is 14.8. The van der Waals surface area contributed by atoms with Gasteiger partial charge in [0, 0.05) is 9.92 Å². The molecule has 0 fully saturated rings. The van der Waals surface area contributed by atoms with Gasteiger partial charge in [0.25, 0.3) is 5.91 Å². The van der Waals surface area contributed by atoms with Crippen molar-refractivity contribution in [1.82, 2.24) is 5.43 Å². The molecule has 130 valence electrons. The third-order valence-corrected chi connectivity index (χ3v) is 4.50. The highest BCUT2D eigenvalue weighted by Gasteiger charge is 2.13. The smallest absolute Gasteiger partial charge is 0.253 e. The average molecular weight is 375 g/mol. The molecule has 2 aromatic carbocycles. The molecule has 6 heteroatoms. The summed E-state index contributed by atoms with van der Waals surface area (Å²) in [6.07, 6.45) is 3.28. The molecule has 0 saturated heterocycles. The molecule has 0 unspecified atom stereocenters. The first-order chi connectivity index (χ1) is 12.1. The summed E-state index contributed by atoms with van der Waals surface area (Å²) in [5.41, 5.74) is 3.42. The number of carbonyl (C=O) groups is 1. The van der Waals surface area contributed by atoms with Gasteiger partial charge in [0.2, 0.25) is 0 Å². The summed E-state index contributed by atoms with van der Waals surface area (Å²) in [5, 5.41) is 4.40. The summed E-state index contributed by atoms with van der Waals surface area (Å²) < 4.78 is 5.40. The zero-order valence-electron chi connectivity index (χ0n) is 13.8. The van der Waals surface area contributed by atoms with Gasteiger partial charge in [-0.15, -0.1) is 11.8 Å². The standard InChI is InChI=1S/C19H19ClN2O2S/c1-3-12-24-17-8-4-15(5-9-17)13-21-22-19(23)14(2)25-18-10-6-16(20)7-11-18/h3-11,13-14H,1,12H2,2H3,(H,22,23)/b21-13-/t14-/m1/s1. The monoisotopic (exact) mass is 374 g/mol. The lowest BCUT2D eigenvalue weighted by molar-refractivity contribution is -0.120. The number of hydrazone groups is 1. The molecule has 0 aliphatic rings. The maximum absolute atomic E-state index is 12.1. The van der Waals surface area contributed by atoms with Gasteiger partial charge < -0.3 is 4.74 Å². The van der Waals surface area contributed by atoms with Crippen LogP contribution in [0.4, 0.5) is 0 Å². The van der Waals surface area contributed by atoms with Crippen LogP contribution < -0.4 is 10.2 Å². The fraction of sp³-hybridized carbons (Fsp3) is 0.158. The molecule has 1 N–H and O–H groups in total. The van der Waals surface area contributed by atoms with Crippen molar-refractivity contribution < 1.29 is 9.53 Å². The van der Waals surface area contributed by atoms with Crippen molar-refractivity contribution in [3.05, 3.63) is 71.8 Å². The summed E-state index contributed by atoms with van der Waals surface area (Å²) in [5.74, 6) is 0.594. The molecule has 0 aliphatic heterocycles. The summed E-state index contributed by atoms with van der Waals surface area (Å²) in [7, 11) is 0. The van der Waals surface area contributed by atoms with E-state index in [0.717, 1.165) is 16.2 Å². The normalized spacial score (nSPS) is 11.9. The molecule has 0 saturated carbocycles. The largest absolute Gasteiger partial charge is 0.490 e. The van der Waals surface area contributed by atoms with E-state index in [9.17, 15) is 4.79 Å². The number of halogens is 1. The number of ether oxygens (including phenoxy) is 1. The van der Waals surface area contributed by atoms with Crippen molar-refractivity contribution in [2.75, 3.05) is 6.61 Å². The zero-order chi connectivity index (χ0) is 18.1. The molecule has 0 heterocycles. The number of nitrogens with zero attached hydrogens (tertiary/aromatic N) is 1. The van der Waals surface area contributed by atoms with Crippen molar-refractivity contribution in [2.45, 2.75) is 17.1 Å². The van der Waals surface area contributed by atoms with Crippen LogP contribution in [-0.2, 0) is 4.79 Å². The third kappa shape index (κ3) is 6.64. The van der Waals surface area contributed by atoms with E-state index in [1.165, 1.54) is 11.8 Å². The van der Waals surface area contributed by atoms with Gasteiger partial charge >= 0.3 is 0 Å². The second-order valence-electron chi connectivity index (χ2n) is 5.12. The number of amides is 1. The van der Waals surface area contributed by atoms with E-state index in [0.29, 0.717) is 11.6 Å². The number of thioether (sulfide) groups is 1. The highest BCUT2D eigenvalue weighted by atomic mass is 35.5. The minimum absolute atomic E-state index is 0.165. The zero-order valence-corrected chi connectivity index (χ0v) is 15.4. The van der Waals surface area contributed by atoms with Crippen molar-refractivity contribution in [2.24, 2.45) is 5.10 Å². The third-order valence-electron chi connectivity index (χ3n) is 3.13. The second-order valence-corrected chi connectivity index (χ2v) is 6.97. The van der Waals surface area contributed by atoms with Crippen molar-refractivity contribution in [3.63, 3.8) is 0 Å². The molecule has 2 aromatic rings. The lowest BCUT2D eigenvalue weighted by Crippen LogP contribution is -2.26. The van der Waals surface area contributed by atoms with Crippen LogP contribution in [0.5, 0.6) is 5.75 Å². The topological polar surface area (TPSA) is 50.7 Å². The lowest BCUT2D eigenvalue weighted by atomic mass is 10.2. The van der Waals surface area contributed by atoms with Crippen LogP contribution in [0.25, 0.3) is 0 Å². The Labute approximate surface area is 156 Å². The summed E-state index contributed by atoms with van der Waals surface area (Å²) in [4.78, 5) is 13.1. The van der Waals surface area contributed by atoms with Crippen LogP contribution in [-0.4, -0.2) is 24.0 Å². The Morgan fingerprint density at radius 1 is 1.28 bits per heavy atom. The molecule has 2 rings (SSSR count). The van der Waals surface area contributed by atoms with Gasteiger partial charge in [0.05, 0.1) is 11.5 Å². The van der Waals surface area contributed by atoms with Crippen LogP contribution in [0, 0.1) is 0 Å². The van der Waals surface area contributed by atoms with Crippen molar-refractivity contribution in [1.29, 1.82) is 0 Å². The molecule has 1 atom stereocenters. The lowest BCUT2D eigenvalue weighted by Gasteiger charge is -2.09. The molecule has 1 amide bonds. The van der Waals surface area contributed by atoms with Gasteiger partial charge in [-0.3, -0.25) is 4.79 Å². The number of hydrogen-bond acceptors (Lipinski definition) is 4. The van der Waals surface area contributed by atoms with Crippen LogP contribution >= 0.6 is 23.4 Å². The fourth-order valence-electron chi connectivity index (χ4n) is 1.84. The van der Waals surface area contributed by atoms with Crippen molar-refractivity contribution >= 4 is 35.5 Å². The first-order valence-electron chi connectivity index (χ1n) is 7.67. The van der Waals surface area contributed by atoms with Crippen LogP contribution in [0.1, 0.15) is 12.5 Å². The predicted octanol–water partition coefficient (Wildman–Crippen LogP) is 4.54. The SMILES string of the molecule is C=CCOc1ccc(/C=N\NC(=O)[C@@H](C)Sc2ccc(Cl)cc2)cc1. The van der Waals surface area contributed by atoms with E-state index in [4.69, 9.17) is 16.3 Å². The van der Waals surface area contributed by atoms with Gasteiger partial charge in [-0.25, -0.2) is 5.43 Å². The molecule has 0 spiro atoms. The Morgan fingerprint density at radius 2 is 1.96 bits per heavy atom. The summed E-state index contributed by atoms with van der Waals surface area (Å²) in [6.45, 7) is 5.89. The maximum Gasteiger partial charge on any atom is 0.253 e. The van der Waals surface area contributed by atoms with Gasteiger partial charge in [-0.05, 0) is 61.0 Å². The van der Waals surface area contributed by atoms with E-state index < -0.39 is 0 Å². The van der Waals surface area contributed by atoms with Crippen molar-refractivity contribution in [3.8, 4) is 5.75 Å². The predicted molar refractivity (Wildman–Crippen MR) is 105 cm³/mol. The fourth-order valence-corrected chi connectivity index (χ4v) is 2.82. The van der Waals surface area contributed by atoms with E-state index in [1.54, 1.807) is 24.4 Å². The quantitative estimate of drug-likeness (QED) is 0.319. The first-order valence-corrected chi connectivity index (χ1v) is 8.93. The Bertz CT molecular complexity index is 730. The number of rotatable bonds is 8. The summed E-state index contributed by atoms with van der Waals surface area (Å²) >= 11 is 7.30. The number of nitrogens with one attached hydrogen (secondary N) is 1. The number of benzene rings is 2. The van der Waals surface area contributed by atoms with E-state index in [2.05, 4.69) is 17.1 Å². The average Bonchev–Trinajstić information content (AvgIpc) is 2.62. The van der Waals surface area contributed by atoms with Crippen LogP contribution in [0.3, 0.4) is 0 Å². The van der Waals surface area contributed by atoms with Gasteiger partial charge in [0.15, 0.2) is 0 Å². The first kappa shape index (κ1) is 19.1. The van der Waals surface area contributed by atoms with Crippen LogP contribution in [0.2, 0.25) is 5.02 Å². The molecule has 0 aromatic heterocycles. The minimum atomic E-state index is -0.270. The second kappa shape index (κ2) is 9.91. The maximum atomic E-state index is 12.1. The molecule has 0 radical (unpaired) electrons. The minimum Gasteiger partial charge on any atom is -0.490 e. The van der Waals surface area contributed by atoms with E-state index in [1.807, 2.05) is 43.3 Å². The molecule has 4 nitrogen and oxygen atoms in total. The Hall–Kier alpha value is -2.24. The molecule has 0 aliphatic carbocycles. The van der Waals surface area contributed by atoms with Crippen LogP contribution in [0.15, 0.2) is 71.2 Å². The highest BCUT2D eigenvalue weighted by molar-refractivity contribution is 8.00. The molecule has 25 heavy (non-hydrogen) atoms. The van der Waals surface area contributed by atoms with Gasteiger partial charge in [-0.2, -0.15) is 5.10 Å². The molecular weight excluding hydrogens is 356 g/mol. The van der Waals surface area contributed by atoms with Gasteiger partial charge in [0.1, 0.15) is 12.4 Å².